The minimum Gasteiger partial charge on any atom is -0.396 e. The van der Waals surface area contributed by atoms with Crippen LogP contribution in [0.3, 0.4) is 0 Å². The van der Waals surface area contributed by atoms with E-state index in [1.165, 1.54) is 11.0 Å². The number of amides is 1. The number of aromatic amines is 2. The second-order valence-corrected chi connectivity index (χ2v) is 4.87. The topological polar surface area (TPSA) is 106 Å². The number of carbonyl (C=O) groups is 1. The average Bonchev–Trinajstić information content (AvgIpc) is 2.83. The molecule has 2 aromatic rings. The zero-order chi connectivity index (χ0) is 14.3. The van der Waals surface area contributed by atoms with Crippen molar-refractivity contribution in [3.63, 3.8) is 0 Å². The van der Waals surface area contributed by atoms with Crippen LogP contribution in [0.5, 0.6) is 0 Å². The number of nitrogens with zero attached hydrogens (tertiary/aromatic N) is 1. The number of carbonyl (C=O) groups excluding carboxylic acids is 1. The molecule has 3 rings (SSSR count). The summed E-state index contributed by atoms with van der Waals surface area (Å²) >= 11 is 0. The van der Waals surface area contributed by atoms with E-state index in [2.05, 4.69) is 10.2 Å². The number of rotatable bonds is 2. The second kappa shape index (κ2) is 4.61. The van der Waals surface area contributed by atoms with Gasteiger partial charge in [-0.2, -0.15) is 0 Å². The highest BCUT2D eigenvalue weighted by Gasteiger charge is 2.31. The number of benzene rings is 1. The normalized spacial score (nSPS) is 18.9. The summed E-state index contributed by atoms with van der Waals surface area (Å²) in [5.74, 6) is -0.296. The monoisotopic (exact) mass is 275 g/mol. The first-order chi connectivity index (χ1) is 9.61. The minimum absolute atomic E-state index is 0.0794. The highest BCUT2D eigenvalue weighted by Crippen LogP contribution is 2.28. The number of aliphatic hydroxyl groups excluding tert-OH is 1. The van der Waals surface area contributed by atoms with Crippen LogP contribution in [0, 0.1) is 5.92 Å². The SMILES string of the molecule is O=C1CC(CO)CN1c1cccc2c(=O)[nH][nH]c(=O)c12. The van der Waals surface area contributed by atoms with Gasteiger partial charge >= 0.3 is 0 Å². The zero-order valence-electron chi connectivity index (χ0n) is 10.5. The number of aromatic nitrogens is 2. The number of anilines is 1. The van der Waals surface area contributed by atoms with Crippen LogP contribution in [-0.2, 0) is 4.79 Å². The van der Waals surface area contributed by atoms with Gasteiger partial charge in [0, 0.05) is 25.5 Å². The molecule has 1 fully saturated rings. The molecule has 1 aliphatic rings. The molecule has 0 aliphatic carbocycles. The first kappa shape index (κ1) is 12.6. The van der Waals surface area contributed by atoms with E-state index in [0.717, 1.165) is 0 Å². The molecular weight excluding hydrogens is 262 g/mol. The molecule has 0 spiro atoms. The van der Waals surface area contributed by atoms with Gasteiger partial charge in [0.25, 0.3) is 11.1 Å². The van der Waals surface area contributed by atoms with Crippen molar-refractivity contribution in [3.05, 3.63) is 38.9 Å². The molecule has 20 heavy (non-hydrogen) atoms. The van der Waals surface area contributed by atoms with Gasteiger partial charge in [0.05, 0.1) is 16.5 Å². The Morgan fingerprint density at radius 3 is 2.65 bits per heavy atom. The Labute approximate surface area is 112 Å². The predicted octanol–water partition coefficient (Wildman–Crippen LogP) is -0.438. The van der Waals surface area contributed by atoms with Crippen LogP contribution < -0.4 is 16.0 Å². The first-order valence-corrected chi connectivity index (χ1v) is 6.26. The van der Waals surface area contributed by atoms with Crippen molar-refractivity contribution >= 4 is 22.4 Å². The molecule has 7 heteroatoms. The van der Waals surface area contributed by atoms with Crippen molar-refractivity contribution in [1.29, 1.82) is 0 Å². The fraction of sp³-hybridized carbons (Fsp3) is 0.308. The molecule has 1 aliphatic heterocycles. The van der Waals surface area contributed by atoms with Crippen LogP contribution in [0.25, 0.3) is 10.8 Å². The second-order valence-electron chi connectivity index (χ2n) is 4.87. The van der Waals surface area contributed by atoms with Gasteiger partial charge in [0.1, 0.15) is 0 Å². The quantitative estimate of drug-likeness (QED) is 0.690. The van der Waals surface area contributed by atoms with Gasteiger partial charge in [-0.1, -0.05) is 6.07 Å². The lowest BCUT2D eigenvalue weighted by Gasteiger charge is -2.17. The molecule has 1 aromatic heterocycles. The van der Waals surface area contributed by atoms with E-state index in [0.29, 0.717) is 12.2 Å². The molecular formula is C13H13N3O4. The number of H-pyrrole nitrogens is 2. The molecule has 0 bridgehead atoms. The van der Waals surface area contributed by atoms with Crippen molar-refractivity contribution in [2.75, 3.05) is 18.1 Å². The van der Waals surface area contributed by atoms with Gasteiger partial charge in [-0.05, 0) is 12.1 Å². The third-order valence-electron chi connectivity index (χ3n) is 3.56. The number of aliphatic hydroxyl groups is 1. The van der Waals surface area contributed by atoms with Gasteiger partial charge < -0.3 is 10.0 Å². The van der Waals surface area contributed by atoms with E-state index in [1.807, 2.05) is 0 Å². The van der Waals surface area contributed by atoms with E-state index >= 15 is 0 Å². The third-order valence-corrected chi connectivity index (χ3v) is 3.56. The van der Waals surface area contributed by atoms with Crippen molar-refractivity contribution in [2.45, 2.75) is 6.42 Å². The van der Waals surface area contributed by atoms with Crippen LogP contribution in [0.2, 0.25) is 0 Å². The van der Waals surface area contributed by atoms with Gasteiger partial charge in [0.2, 0.25) is 5.91 Å². The van der Waals surface area contributed by atoms with Gasteiger partial charge in [0.15, 0.2) is 0 Å². The summed E-state index contributed by atoms with van der Waals surface area (Å²) in [6, 6.07) is 4.80. The molecule has 0 radical (unpaired) electrons. The maximum atomic E-state index is 12.0. The van der Waals surface area contributed by atoms with E-state index in [4.69, 9.17) is 5.11 Å². The summed E-state index contributed by atoms with van der Waals surface area (Å²) in [7, 11) is 0. The van der Waals surface area contributed by atoms with E-state index in [-0.39, 0.29) is 35.6 Å². The van der Waals surface area contributed by atoms with Gasteiger partial charge in [-0.25, -0.2) is 0 Å². The Bertz CT molecular complexity index is 792. The standard InChI is InChI=1S/C13H13N3O4/c17-6-7-4-10(18)16(5-7)9-3-1-2-8-11(9)13(20)15-14-12(8)19/h1-3,7,17H,4-6H2,(H,14,19)(H,15,20). The van der Waals surface area contributed by atoms with E-state index < -0.39 is 11.1 Å². The average molecular weight is 275 g/mol. The zero-order valence-corrected chi connectivity index (χ0v) is 10.5. The summed E-state index contributed by atoms with van der Waals surface area (Å²) in [6.07, 6.45) is 0.244. The van der Waals surface area contributed by atoms with Crippen LogP contribution in [-0.4, -0.2) is 34.4 Å². The Morgan fingerprint density at radius 2 is 1.95 bits per heavy atom. The highest BCUT2D eigenvalue weighted by molar-refractivity contribution is 6.04. The van der Waals surface area contributed by atoms with Crippen LogP contribution >= 0.6 is 0 Å². The number of hydrogen-bond donors (Lipinski definition) is 3. The third kappa shape index (κ3) is 1.83. The Hall–Kier alpha value is -2.41. The predicted molar refractivity (Wildman–Crippen MR) is 72.7 cm³/mol. The first-order valence-electron chi connectivity index (χ1n) is 6.26. The number of nitrogens with one attached hydrogen (secondary N) is 2. The lowest BCUT2D eigenvalue weighted by atomic mass is 10.1. The van der Waals surface area contributed by atoms with Gasteiger partial charge in [-0.3, -0.25) is 24.6 Å². The molecule has 1 atom stereocenters. The van der Waals surface area contributed by atoms with E-state index in [9.17, 15) is 14.4 Å². The smallest absolute Gasteiger partial charge is 0.272 e. The molecule has 1 unspecified atom stereocenters. The maximum absolute atomic E-state index is 12.0. The Kier molecular flexibility index (Phi) is 2.90. The molecule has 1 saturated heterocycles. The molecule has 7 nitrogen and oxygen atoms in total. The summed E-state index contributed by atoms with van der Waals surface area (Å²) in [4.78, 5) is 37.1. The summed E-state index contributed by atoms with van der Waals surface area (Å²) in [5.41, 5.74) is -0.446. The number of fused-ring (bicyclic) bond motifs is 1. The molecule has 1 amide bonds. The molecule has 2 heterocycles. The molecule has 3 N–H and O–H groups in total. The van der Waals surface area contributed by atoms with Crippen molar-refractivity contribution in [3.8, 4) is 0 Å². The van der Waals surface area contributed by atoms with E-state index in [1.54, 1.807) is 12.1 Å². The van der Waals surface area contributed by atoms with Crippen molar-refractivity contribution in [2.24, 2.45) is 5.92 Å². The van der Waals surface area contributed by atoms with Crippen LogP contribution in [0.15, 0.2) is 27.8 Å². The molecule has 0 saturated carbocycles. The van der Waals surface area contributed by atoms with Crippen LogP contribution in [0.1, 0.15) is 6.42 Å². The highest BCUT2D eigenvalue weighted by atomic mass is 16.3. The van der Waals surface area contributed by atoms with Crippen LogP contribution in [0.4, 0.5) is 5.69 Å². The summed E-state index contributed by atoms with van der Waals surface area (Å²) < 4.78 is 0. The summed E-state index contributed by atoms with van der Waals surface area (Å²) in [6.45, 7) is 0.268. The molecule has 1 aromatic carbocycles. The fourth-order valence-electron chi connectivity index (χ4n) is 2.57. The number of hydrogen-bond acceptors (Lipinski definition) is 4. The Balaban J connectivity index is 2.23. The van der Waals surface area contributed by atoms with Gasteiger partial charge in [-0.15, -0.1) is 0 Å². The molecule has 104 valence electrons. The summed E-state index contributed by atoms with van der Waals surface area (Å²) in [5, 5.41) is 14.1. The van der Waals surface area contributed by atoms with Crippen molar-refractivity contribution in [1.82, 2.24) is 10.2 Å². The van der Waals surface area contributed by atoms with Crippen molar-refractivity contribution < 1.29 is 9.90 Å². The lowest BCUT2D eigenvalue weighted by Crippen LogP contribution is -2.28. The minimum atomic E-state index is -0.449. The fourth-order valence-corrected chi connectivity index (χ4v) is 2.57. The largest absolute Gasteiger partial charge is 0.396 e. The maximum Gasteiger partial charge on any atom is 0.272 e. The lowest BCUT2D eigenvalue weighted by molar-refractivity contribution is -0.117. The Morgan fingerprint density at radius 1 is 1.20 bits per heavy atom.